The third-order valence-corrected chi connectivity index (χ3v) is 4.30. The molecule has 0 aliphatic carbocycles. The van der Waals surface area contributed by atoms with Gasteiger partial charge in [-0.3, -0.25) is 4.79 Å². The Labute approximate surface area is 97.8 Å². The van der Waals surface area contributed by atoms with Gasteiger partial charge in [-0.15, -0.1) is 0 Å². The Balaban J connectivity index is 4.75. The number of nitrogens with zero attached hydrogens (tertiary/aromatic N) is 1. The maximum atomic E-state index is 11.9. The summed E-state index contributed by atoms with van der Waals surface area (Å²) in [6, 6.07) is 0. The van der Waals surface area contributed by atoms with Crippen molar-refractivity contribution in [2.45, 2.75) is 27.7 Å². The molecule has 0 heterocycles. The molecule has 6 heteroatoms. The molecule has 0 aromatic heterocycles. The minimum Gasteiger partial charge on any atom is -0.468 e. The summed E-state index contributed by atoms with van der Waals surface area (Å²) in [7, 11) is -2.16. The lowest BCUT2D eigenvalue weighted by atomic mass is 10.0. The minimum atomic E-state index is -3.40. The standard InChI is InChI=1S/C10H21NO4S/c1-6-11(7-9(12)15-5)16(13,14)8-10(2,3)4/h6-8H2,1-5H3. The molecule has 0 spiro atoms. The molecule has 0 aliphatic heterocycles. The molecule has 0 rings (SSSR count). The molecule has 0 fully saturated rings. The molecule has 0 aromatic carbocycles. The van der Waals surface area contributed by atoms with E-state index in [0.29, 0.717) is 0 Å². The van der Waals surface area contributed by atoms with Gasteiger partial charge in [0.1, 0.15) is 6.54 Å². The normalized spacial score (nSPS) is 12.9. The Bertz CT molecular complexity index is 329. The molecule has 0 aromatic rings. The van der Waals surface area contributed by atoms with Crippen LogP contribution in [0.25, 0.3) is 0 Å². The summed E-state index contributed by atoms with van der Waals surface area (Å²) < 4.78 is 29.5. The van der Waals surface area contributed by atoms with Crippen molar-refractivity contribution in [1.29, 1.82) is 0 Å². The number of ether oxygens (including phenoxy) is 1. The molecule has 0 saturated heterocycles. The number of hydrogen-bond donors (Lipinski definition) is 0. The van der Waals surface area contributed by atoms with Gasteiger partial charge >= 0.3 is 5.97 Å². The lowest BCUT2D eigenvalue weighted by molar-refractivity contribution is -0.140. The highest BCUT2D eigenvalue weighted by Crippen LogP contribution is 2.18. The van der Waals surface area contributed by atoms with Gasteiger partial charge in [-0.2, -0.15) is 4.31 Å². The number of sulfonamides is 1. The number of carbonyl (C=O) groups excluding carboxylic acids is 1. The van der Waals surface area contributed by atoms with Crippen LogP contribution in [0.2, 0.25) is 0 Å². The van der Waals surface area contributed by atoms with Crippen LogP contribution in [0.5, 0.6) is 0 Å². The second kappa shape index (κ2) is 5.63. The van der Waals surface area contributed by atoms with Gasteiger partial charge in [0.25, 0.3) is 0 Å². The minimum absolute atomic E-state index is 0.0187. The van der Waals surface area contributed by atoms with Gasteiger partial charge in [-0.25, -0.2) is 8.42 Å². The quantitative estimate of drug-likeness (QED) is 0.680. The van der Waals surface area contributed by atoms with E-state index >= 15 is 0 Å². The Morgan fingerprint density at radius 1 is 1.31 bits per heavy atom. The van der Waals surface area contributed by atoms with Crippen molar-refractivity contribution in [2.75, 3.05) is 26.0 Å². The van der Waals surface area contributed by atoms with Gasteiger partial charge in [0.05, 0.1) is 12.9 Å². The highest BCUT2D eigenvalue weighted by atomic mass is 32.2. The molecule has 0 N–H and O–H groups in total. The number of carbonyl (C=O) groups is 1. The number of rotatable bonds is 5. The van der Waals surface area contributed by atoms with Crippen molar-refractivity contribution >= 4 is 16.0 Å². The zero-order chi connectivity index (χ0) is 13.0. The van der Waals surface area contributed by atoms with Crippen molar-refractivity contribution in [3.8, 4) is 0 Å². The van der Waals surface area contributed by atoms with E-state index in [9.17, 15) is 13.2 Å². The van der Waals surface area contributed by atoms with Gasteiger partial charge < -0.3 is 4.74 Å². The van der Waals surface area contributed by atoms with Crippen molar-refractivity contribution in [3.05, 3.63) is 0 Å². The number of methoxy groups -OCH3 is 1. The van der Waals surface area contributed by atoms with Gasteiger partial charge in [0.2, 0.25) is 10.0 Å². The fraction of sp³-hybridized carbons (Fsp3) is 0.900. The summed E-state index contributed by atoms with van der Waals surface area (Å²) in [6.45, 7) is 7.28. The van der Waals surface area contributed by atoms with Crippen LogP contribution in [-0.2, 0) is 19.6 Å². The Morgan fingerprint density at radius 3 is 2.12 bits per heavy atom. The van der Waals surface area contributed by atoms with Crippen molar-refractivity contribution in [3.63, 3.8) is 0 Å². The summed E-state index contributed by atoms with van der Waals surface area (Å²) in [6.07, 6.45) is 0. The van der Waals surface area contributed by atoms with Crippen molar-refractivity contribution in [2.24, 2.45) is 5.41 Å². The first-order valence-corrected chi connectivity index (χ1v) is 6.78. The third-order valence-electron chi connectivity index (χ3n) is 1.89. The molecule has 0 unspecified atom stereocenters. The second-order valence-corrected chi connectivity index (χ2v) is 6.79. The SMILES string of the molecule is CCN(CC(=O)OC)S(=O)(=O)CC(C)(C)C. The molecule has 0 amide bonds. The first-order chi connectivity index (χ1) is 7.12. The zero-order valence-electron chi connectivity index (χ0n) is 10.6. The lowest BCUT2D eigenvalue weighted by Crippen LogP contribution is -2.40. The van der Waals surface area contributed by atoms with Crippen LogP contribution in [0.3, 0.4) is 0 Å². The maximum absolute atomic E-state index is 11.9. The largest absolute Gasteiger partial charge is 0.468 e. The topological polar surface area (TPSA) is 63.7 Å². The average Bonchev–Trinajstić information content (AvgIpc) is 2.09. The Morgan fingerprint density at radius 2 is 1.81 bits per heavy atom. The first kappa shape index (κ1) is 15.4. The van der Waals surface area contributed by atoms with E-state index in [2.05, 4.69) is 4.74 Å². The lowest BCUT2D eigenvalue weighted by Gasteiger charge is -2.24. The van der Waals surface area contributed by atoms with E-state index in [1.807, 2.05) is 20.8 Å². The van der Waals surface area contributed by atoms with E-state index < -0.39 is 16.0 Å². The van der Waals surface area contributed by atoms with Crippen LogP contribution in [-0.4, -0.2) is 44.6 Å². The number of esters is 1. The first-order valence-electron chi connectivity index (χ1n) is 5.17. The van der Waals surface area contributed by atoms with Gasteiger partial charge in [-0.05, 0) is 5.41 Å². The van der Waals surface area contributed by atoms with Crippen LogP contribution < -0.4 is 0 Å². The molecule has 0 bridgehead atoms. The summed E-state index contributed by atoms with van der Waals surface area (Å²) in [5.41, 5.74) is -0.331. The smallest absolute Gasteiger partial charge is 0.321 e. The summed E-state index contributed by atoms with van der Waals surface area (Å²) in [5.74, 6) is -0.524. The van der Waals surface area contributed by atoms with E-state index in [1.165, 1.54) is 7.11 Å². The highest BCUT2D eigenvalue weighted by molar-refractivity contribution is 7.89. The molecule has 96 valence electrons. The van der Waals surface area contributed by atoms with Crippen molar-refractivity contribution < 1.29 is 17.9 Å². The predicted molar refractivity (Wildman–Crippen MR) is 62.5 cm³/mol. The fourth-order valence-electron chi connectivity index (χ4n) is 1.25. The molecule has 5 nitrogen and oxygen atoms in total. The maximum Gasteiger partial charge on any atom is 0.321 e. The zero-order valence-corrected chi connectivity index (χ0v) is 11.4. The molecule has 0 aliphatic rings. The summed E-state index contributed by atoms with van der Waals surface area (Å²) >= 11 is 0. The third kappa shape index (κ3) is 5.46. The van der Waals surface area contributed by atoms with Crippen LogP contribution in [0.4, 0.5) is 0 Å². The molecule has 0 atom stereocenters. The van der Waals surface area contributed by atoms with Crippen molar-refractivity contribution in [1.82, 2.24) is 4.31 Å². The van der Waals surface area contributed by atoms with Gasteiger partial charge in [0.15, 0.2) is 0 Å². The highest BCUT2D eigenvalue weighted by Gasteiger charge is 2.28. The van der Waals surface area contributed by atoms with Crippen LogP contribution in [0, 0.1) is 5.41 Å². The predicted octanol–water partition coefficient (Wildman–Crippen LogP) is 0.857. The number of likely N-dealkylation sites (N-methyl/N-ethyl adjacent to an activating group) is 1. The second-order valence-electron chi connectivity index (χ2n) is 4.82. The van der Waals surface area contributed by atoms with E-state index in [1.54, 1.807) is 6.92 Å². The van der Waals surface area contributed by atoms with E-state index in [0.717, 1.165) is 4.31 Å². The van der Waals surface area contributed by atoms with Crippen LogP contribution in [0.15, 0.2) is 0 Å². The number of hydrogen-bond acceptors (Lipinski definition) is 4. The van der Waals surface area contributed by atoms with E-state index in [-0.39, 0.29) is 24.3 Å². The average molecular weight is 251 g/mol. The Kier molecular flexibility index (Phi) is 5.41. The molecular formula is C10H21NO4S. The fourth-order valence-corrected chi connectivity index (χ4v) is 3.23. The molecule has 16 heavy (non-hydrogen) atoms. The van der Waals surface area contributed by atoms with Gasteiger partial charge in [-0.1, -0.05) is 27.7 Å². The monoisotopic (exact) mass is 251 g/mol. The summed E-state index contributed by atoms with van der Waals surface area (Å²) in [5, 5.41) is 0. The summed E-state index contributed by atoms with van der Waals surface area (Å²) in [4.78, 5) is 11.1. The molecule has 0 radical (unpaired) electrons. The molecular weight excluding hydrogens is 230 g/mol. The van der Waals surface area contributed by atoms with Crippen LogP contribution in [0.1, 0.15) is 27.7 Å². The molecule has 0 saturated carbocycles. The van der Waals surface area contributed by atoms with Gasteiger partial charge in [0, 0.05) is 6.54 Å². The van der Waals surface area contributed by atoms with E-state index in [4.69, 9.17) is 0 Å². The van der Waals surface area contributed by atoms with Crippen LogP contribution >= 0.6 is 0 Å². The Hall–Kier alpha value is -0.620.